The minimum Gasteiger partial charge on any atom is -0.324 e. The molecule has 1 N–H and O–H groups in total. The largest absolute Gasteiger partial charge is 0.324 e. The zero-order valence-corrected chi connectivity index (χ0v) is 17.8. The first-order valence-electron chi connectivity index (χ1n) is 11.0. The SMILES string of the molecule is Cc1cc(C2CCN(C)C2)ccc1Nc1ncc2ccc(=O)n(C3CCCC3)c2n1. The van der Waals surface area contributed by atoms with E-state index in [1.165, 1.54) is 30.4 Å². The van der Waals surface area contributed by atoms with Crippen LogP contribution < -0.4 is 10.9 Å². The van der Waals surface area contributed by atoms with E-state index in [-0.39, 0.29) is 11.6 Å². The standard InChI is InChI=1S/C24H29N5O/c1-16-13-17(19-11-12-28(2)15-19)7-9-21(16)26-24-25-14-18-8-10-22(30)29(23(18)27-24)20-5-3-4-6-20/h7-10,13-14,19-20H,3-6,11-12,15H2,1-2H3,(H,25,26,27). The lowest BCUT2D eigenvalue weighted by Gasteiger charge is -2.17. The Kier molecular flexibility index (Phi) is 5.03. The van der Waals surface area contributed by atoms with Crippen LogP contribution in [-0.4, -0.2) is 39.6 Å². The van der Waals surface area contributed by atoms with Crippen molar-refractivity contribution in [3.8, 4) is 0 Å². The Morgan fingerprint density at radius 1 is 1.10 bits per heavy atom. The van der Waals surface area contributed by atoms with E-state index >= 15 is 0 Å². The topological polar surface area (TPSA) is 63.1 Å². The molecule has 1 atom stereocenters. The van der Waals surface area contributed by atoms with Crippen LogP contribution in [0.5, 0.6) is 0 Å². The molecule has 6 heteroatoms. The molecule has 0 spiro atoms. The molecule has 2 fully saturated rings. The zero-order chi connectivity index (χ0) is 20.7. The van der Waals surface area contributed by atoms with E-state index in [1.807, 2.05) is 16.8 Å². The molecular weight excluding hydrogens is 374 g/mol. The molecule has 1 unspecified atom stereocenters. The quantitative estimate of drug-likeness (QED) is 0.700. The van der Waals surface area contributed by atoms with Crippen LogP contribution in [0.15, 0.2) is 41.3 Å². The van der Waals surface area contributed by atoms with Gasteiger partial charge in [-0.05, 0) is 69.0 Å². The highest BCUT2D eigenvalue weighted by Crippen LogP contribution is 2.31. The van der Waals surface area contributed by atoms with E-state index in [0.29, 0.717) is 11.9 Å². The van der Waals surface area contributed by atoms with Gasteiger partial charge in [0, 0.05) is 35.9 Å². The molecule has 2 aromatic heterocycles. The number of benzene rings is 1. The second-order valence-corrected chi connectivity index (χ2v) is 8.90. The van der Waals surface area contributed by atoms with Crippen molar-refractivity contribution in [2.24, 2.45) is 0 Å². The molecule has 3 heterocycles. The van der Waals surface area contributed by atoms with Crippen LogP contribution in [0.3, 0.4) is 0 Å². The van der Waals surface area contributed by atoms with E-state index in [0.717, 1.165) is 42.7 Å². The smallest absolute Gasteiger partial charge is 0.252 e. The molecule has 2 aliphatic rings. The normalized spacial score (nSPS) is 20.3. The van der Waals surface area contributed by atoms with Crippen molar-refractivity contribution in [2.75, 3.05) is 25.5 Å². The summed E-state index contributed by atoms with van der Waals surface area (Å²) in [5.74, 6) is 1.15. The molecule has 156 valence electrons. The van der Waals surface area contributed by atoms with Crippen molar-refractivity contribution < 1.29 is 0 Å². The molecule has 1 aliphatic heterocycles. The zero-order valence-electron chi connectivity index (χ0n) is 17.8. The maximum Gasteiger partial charge on any atom is 0.252 e. The Hall–Kier alpha value is -2.73. The molecule has 0 amide bonds. The number of nitrogens with one attached hydrogen (secondary N) is 1. The number of pyridine rings is 1. The summed E-state index contributed by atoms with van der Waals surface area (Å²) in [5, 5.41) is 4.29. The summed E-state index contributed by atoms with van der Waals surface area (Å²) in [6, 6.07) is 10.3. The van der Waals surface area contributed by atoms with Crippen LogP contribution in [0.25, 0.3) is 11.0 Å². The van der Waals surface area contributed by atoms with Crippen LogP contribution in [0.4, 0.5) is 11.6 Å². The molecule has 6 nitrogen and oxygen atoms in total. The highest BCUT2D eigenvalue weighted by atomic mass is 16.1. The van der Waals surface area contributed by atoms with Gasteiger partial charge in [0.2, 0.25) is 5.95 Å². The third-order valence-electron chi connectivity index (χ3n) is 6.72. The predicted molar refractivity (Wildman–Crippen MR) is 121 cm³/mol. The molecule has 1 aromatic carbocycles. The van der Waals surface area contributed by atoms with Gasteiger partial charge in [0.05, 0.1) is 0 Å². The van der Waals surface area contributed by atoms with E-state index < -0.39 is 0 Å². The van der Waals surface area contributed by atoms with Crippen LogP contribution in [0.1, 0.15) is 55.2 Å². The molecule has 1 saturated carbocycles. The lowest BCUT2D eigenvalue weighted by molar-refractivity contribution is 0.411. The summed E-state index contributed by atoms with van der Waals surface area (Å²) in [5.41, 5.74) is 4.36. The summed E-state index contributed by atoms with van der Waals surface area (Å²) < 4.78 is 1.88. The Bertz CT molecular complexity index is 1130. The van der Waals surface area contributed by atoms with Gasteiger partial charge in [0.15, 0.2) is 0 Å². The number of rotatable bonds is 4. The number of likely N-dealkylation sites (tertiary alicyclic amines) is 1. The van der Waals surface area contributed by atoms with Gasteiger partial charge in [-0.3, -0.25) is 9.36 Å². The average Bonchev–Trinajstić information content (AvgIpc) is 3.41. The summed E-state index contributed by atoms with van der Waals surface area (Å²) in [6.07, 6.45) is 7.46. The summed E-state index contributed by atoms with van der Waals surface area (Å²) in [7, 11) is 2.19. The van der Waals surface area contributed by atoms with Crippen molar-refractivity contribution >= 4 is 22.7 Å². The van der Waals surface area contributed by atoms with Crippen molar-refractivity contribution in [1.29, 1.82) is 0 Å². The van der Waals surface area contributed by atoms with Crippen molar-refractivity contribution in [1.82, 2.24) is 19.4 Å². The van der Waals surface area contributed by atoms with E-state index in [2.05, 4.69) is 47.4 Å². The number of anilines is 2. The second-order valence-electron chi connectivity index (χ2n) is 8.90. The fourth-order valence-corrected chi connectivity index (χ4v) is 5.02. The predicted octanol–water partition coefficient (Wildman–Crippen LogP) is 4.38. The van der Waals surface area contributed by atoms with Gasteiger partial charge >= 0.3 is 0 Å². The number of hydrogen-bond donors (Lipinski definition) is 1. The van der Waals surface area contributed by atoms with E-state index in [1.54, 1.807) is 6.07 Å². The molecular formula is C24H29N5O. The highest BCUT2D eigenvalue weighted by molar-refractivity contribution is 5.76. The molecule has 0 radical (unpaired) electrons. The van der Waals surface area contributed by atoms with Gasteiger partial charge in [0.1, 0.15) is 5.65 Å². The fourth-order valence-electron chi connectivity index (χ4n) is 5.02. The van der Waals surface area contributed by atoms with Gasteiger partial charge in [-0.15, -0.1) is 0 Å². The second kappa shape index (κ2) is 7.84. The lowest BCUT2D eigenvalue weighted by Crippen LogP contribution is -2.23. The van der Waals surface area contributed by atoms with E-state index in [9.17, 15) is 4.79 Å². The third kappa shape index (κ3) is 3.60. The number of likely N-dealkylation sites (N-methyl/N-ethyl adjacent to an activating group) is 1. The number of nitrogens with zero attached hydrogens (tertiary/aromatic N) is 4. The third-order valence-corrected chi connectivity index (χ3v) is 6.72. The van der Waals surface area contributed by atoms with Crippen molar-refractivity contribution in [3.63, 3.8) is 0 Å². The minimum atomic E-state index is 0.0288. The first-order chi connectivity index (χ1) is 14.6. The fraction of sp³-hybridized carbons (Fsp3) is 0.458. The van der Waals surface area contributed by atoms with Crippen LogP contribution >= 0.6 is 0 Å². The summed E-state index contributed by atoms with van der Waals surface area (Å²) in [4.78, 5) is 24.3. The Morgan fingerprint density at radius 2 is 1.93 bits per heavy atom. The van der Waals surface area contributed by atoms with Gasteiger partial charge < -0.3 is 10.2 Å². The van der Waals surface area contributed by atoms with Gasteiger partial charge in [0.25, 0.3) is 5.56 Å². The Morgan fingerprint density at radius 3 is 2.67 bits per heavy atom. The first kappa shape index (κ1) is 19.2. The number of aromatic nitrogens is 3. The summed E-state index contributed by atoms with van der Waals surface area (Å²) in [6.45, 7) is 4.41. The number of fused-ring (bicyclic) bond motifs is 1. The molecule has 5 rings (SSSR count). The Labute approximate surface area is 177 Å². The highest BCUT2D eigenvalue weighted by Gasteiger charge is 2.22. The number of hydrogen-bond acceptors (Lipinski definition) is 5. The average molecular weight is 404 g/mol. The van der Waals surface area contributed by atoms with Crippen LogP contribution in [0, 0.1) is 6.92 Å². The van der Waals surface area contributed by atoms with Gasteiger partial charge in [-0.25, -0.2) is 4.98 Å². The van der Waals surface area contributed by atoms with Crippen LogP contribution in [-0.2, 0) is 0 Å². The minimum absolute atomic E-state index is 0.0288. The number of aryl methyl sites for hydroxylation is 1. The van der Waals surface area contributed by atoms with Crippen molar-refractivity contribution in [2.45, 2.75) is 51.0 Å². The van der Waals surface area contributed by atoms with E-state index in [4.69, 9.17) is 4.98 Å². The molecule has 1 saturated heterocycles. The molecule has 30 heavy (non-hydrogen) atoms. The van der Waals surface area contributed by atoms with Crippen LogP contribution in [0.2, 0.25) is 0 Å². The summed E-state index contributed by atoms with van der Waals surface area (Å²) >= 11 is 0. The maximum absolute atomic E-state index is 12.6. The Balaban J connectivity index is 1.45. The first-order valence-corrected chi connectivity index (χ1v) is 11.0. The van der Waals surface area contributed by atoms with Crippen molar-refractivity contribution in [3.05, 3.63) is 58.0 Å². The molecule has 1 aliphatic carbocycles. The molecule has 0 bridgehead atoms. The molecule has 3 aromatic rings. The monoisotopic (exact) mass is 403 g/mol. The van der Waals surface area contributed by atoms with Gasteiger partial charge in [-0.2, -0.15) is 4.98 Å². The van der Waals surface area contributed by atoms with Gasteiger partial charge in [-0.1, -0.05) is 25.0 Å². The lowest BCUT2D eigenvalue weighted by atomic mass is 9.96. The maximum atomic E-state index is 12.6.